The van der Waals surface area contributed by atoms with E-state index >= 15 is 0 Å². The van der Waals surface area contributed by atoms with Crippen LogP contribution in [0, 0.1) is 0 Å². The predicted octanol–water partition coefficient (Wildman–Crippen LogP) is 3.38. The highest BCUT2D eigenvalue weighted by atomic mass is 16.3. The van der Waals surface area contributed by atoms with Crippen molar-refractivity contribution in [1.29, 1.82) is 0 Å². The number of carbonyl (C=O) groups excluding carboxylic acids is 1. The number of nitrogens with one attached hydrogen (secondary N) is 1. The molecule has 0 fully saturated rings. The smallest absolute Gasteiger partial charge is 0.230 e. The number of benzene rings is 2. The summed E-state index contributed by atoms with van der Waals surface area (Å²) in [4.78, 5) is 12.1. The van der Waals surface area contributed by atoms with Gasteiger partial charge in [-0.1, -0.05) is 48.5 Å². The zero-order chi connectivity index (χ0) is 16.9. The molecule has 0 aliphatic rings. The topological polar surface area (TPSA) is 67.2 Å². The van der Waals surface area contributed by atoms with Crippen molar-refractivity contribution < 1.29 is 9.90 Å². The molecular formula is C19H19N3O2. The summed E-state index contributed by atoms with van der Waals surface area (Å²) in [6, 6.07) is 18.7. The minimum absolute atomic E-state index is 0.0787. The maximum absolute atomic E-state index is 12.1. The molecule has 0 saturated heterocycles. The van der Waals surface area contributed by atoms with Crippen LogP contribution in [0.4, 0.5) is 5.82 Å². The van der Waals surface area contributed by atoms with Crippen LogP contribution in [0.1, 0.15) is 24.1 Å². The molecule has 0 radical (unpaired) electrons. The molecule has 3 aromatic rings. The molecule has 0 aliphatic carbocycles. The van der Waals surface area contributed by atoms with Crippen LogP contribution in [0.25, 0.3) is 0 Å². The maximum Gasteiger partial charge on any atom is 0.230 e. The second-order valence-corrected chi connectivity index (χ2v) is 5.62. The molecule has 1 aromatic heterocycles. The molecule has 2 N–H and O–H groups in total. The van der Waals surface area contributed by atoms with Gasteiger partial charge in [-0.3, -0.25) is 9.48 Å². The summed E-state index contributed by atoms with van der Waals surface area (Å²) in [7, 11) is 0. The van der Waals surface area contributed by atoms with Gasteiger partial charge in [0, 0.05) is 17.8 Å². The Morgan fingerprint density at radius 2 is 1.83 bits per heavy atom. The van der Waals surface area contributed by atoms with Gasteiger partial charge in [-0.05, 0) is 18.6 Å². The Morgan fingerprint density at radius 3 is 2.58 bits per heavy atom. The number of hydrogen-bond acceptors (Lipinski definition) is 3. The zero-order valence-corrected chi connectivity index (χ0v) is 13.4. The van der Waals surface area contributed by atoms with Gasteiger partial charge in [0.05, 0.1) is 12.5 Å². The number of anilines is 1. The van der Waals surface area contributed by atoms with E-state index in [9.17, 15) is 9.90 Å². The van der Waals surface area contributed by atoms with Crippen molar-refractivity contribution in [2.45, 2.75) is 19.4 Å². The lowest BCUT2D eigenvalue weighted by Crippen LogP contribution is -2.15. The third-order valence-corrected chi connectivity index (χ3v) is 3.90. The number of aromatic nitrogens is 2. The van der Waals surface area contributed by atoms with E-state index in [0.717, 1.165) is 5.56 Å². The molecule has 5 nitrogen and oxygen atoms in total. The quantitative estimate of drug-likeness (QED) is 0.757. The zero-order valence-electron chi connectivity index (χ0n) is 13.4. The Bertz CT molecular complexity index is 827. The number of amides is 1. The highest BCUT2D eigenvalue weighted by Crippen LogP contribution is 2.19. The van der Waals surface area contributed by atoms with Gasteiger partial charge in [-0.2, -0.15) is 5.10 Å². The summed E-state index contributed by atoms with van der Waals surface area (Å²) in [6.45, 7) is 2.05. The fourth-order valence-electron chi connectivity index (χ4n) is 2.53. The summed E-state index contributed by atoms with van der Waals surface area (Å²) < 4.78 is 1.81. The summed E-state index contributed by atoms with van der Waals surface area (Å²) in [5.74, 6) is 0.406. The standard InChI is InChI=1S/C19H19N3O2/c1-14(15-7-3-2-4-8-15)22-12-11-18(21-22)20-19(24)13-16-9-5-6-10-17(16)23/h2-12,14,23H,13H2,1H3,(H,20,21,24). The van der Waals surface area contributed by atoms with Gasteiger partial charge in [0.15, 0.2) is 5.82 Å². The maximum atomic E-state index is 12.1. The highest BCUT2D eigenvalue weighted by molar-refractivity contribution is 5.91. The molecule has 2 aromatic carbocycles. The van der Waals surface area contributed by atoms with Gasteiger partial charge < -0.3 is 10.4 Å². The lowest BCUT2D eigenvalue weighted by molar-refractivity contribution is -0.115. The number of phenols is 1. The van der Waals surface area contributed by atoms with E-state index < -0.39 is 0 Å². The van der Waals surface area contributed by atoms with E-state index in [1.165, 1.54) is 0 Å². The van der Waals surface area contributed by atoms with E-state index in [1.807, 2.05) is 41.2 Å². The third-order valence-electron chi connectivity index (χ3n) is 3.90. The third kappa shape index (κ3) is 3.63. The van der Waals surface area contributed by atoms with Crippen LogP contribution in [0.2, 0.25) is 0 Å². The SMILES string of the molecule is CC(c1ccccc1)n1ccc(NC(=O)Cc2ccccc2O)n1. The van der Waals surface area contributed by atoms with E-state index in [-0.39, 0.29) is 24.1 Å². The Morgan fingerprint density at radius 1 is 1.12 bits per heavy atom. The lowest BCUT2D eigenvalue weighted by atomic mass is 10.1. The first-order chi connectivity index (χ1) is 11.6. The molecule has 1 atom stereocenters. The van der Waals surface area contributed by atoms with Crippen LogP contribution in [0.3, 0.4) is 0 Å². The fraction of sp³-hybridized carbons (Fsp3) is 0.158. The van der Waals surface area contributed by atoms with E-state index in [0.29, 0.717) is 11.4 Å². The molecule has 5 heteroatoms. The van der Waals surface area contributed by atoms with Gasteiger partial charge in [0.1, 0.15) is 5.75 Å². The van der Waals surface area contributed by atoms with Gasteiger partial charge >= 0.3 is 0 Å². The van der Waals surface area contributed by atoms with Crippen molar-refractivity contribution in [3.8, 4) is 5.75 Å². The second-order valence-electron chi connectivity index (χ2n) is 5.62. The van der Waals surface area contributed by atoms with Crippen molar-refractivity contribution in [2.75, 3.05) is 5.32 Å². The first kappa shape index (κ1) is 15.8. The number of aromatic hydroxyl groups is 1. The number of para-hydroxylation sites is 1. The van der Waals surface area contributed by atoms with Crippen LogP contribution in [0.15, 0.2) is 66.9 Å². The average molecular weight is 321 g/mol. The minimum Gasteiger partial charge on any atom is -0.508 e. The number of carbonyl (C=O) groups is 1. The normalized spacial score (nSPS) is 11.9. The second kappa shape index (κ2) is 7.00. The molecule has 0 aliphatic heterocycles. The largest absolute Gasteiger partial charge is 0.508 e. The van der Waals surface area contributed by atoms with Crippen LogP contribution in [-0.4, -0.2) is 20.8 Å². The average Bonchev–Trinajstić information content (AvgIpc) is 3.05. The molecule has 0 bridgehead atoms. The molecular weight excluding hydrogens is 302 g/mol. The first-order valence-electron chi connectivity index (χ1n) is 7.80. The predicted molar refractivity (Wildman–Crippen MR) is 92.9 cm³/mol. The molecule has 1 heterocycles. The van der Waals surface area contributed by atoms with E-state index in [1.54, 1.807) is 30.3 Å². The number of nitrogens with zero attached hydrogens (tertiary/aromatic N) is 2. The van der Waals surface area contributed by atoms with Gasteiger partial charge in [-0.25, -0.2) is 0 Å². The monoisotopic (exact) mass is 321 g/mol. The van der Waals surface area contributed by atoms with Crippen molar-refractivity contribution in [3.63, 3.8) is 0 Å². The number of phenolic OH excluding ortho intramolecular Hbond substituents is 1. The highest BCUT2D eigenvalue weighted by Gasteiger charge is 2.12. The molecule has 122 valence electrons. The number of hydrogen-bond donors (Lipinski definition) is 2. The summed E-state index contributed by atoms with van der Waals surface area (Å²) in [6.07, 6.45) is 1.95. The van der Waals surface area contributed by atoms with Crippen molar-refractivity contribution in [3.05, 3.63) is 78.0 Å². The molecule has 1 unspecified atom stereocenters. The molecule has 0 saturated carbocycles. The first-order valence-corrected chi connectivity index (χ1v) is 7.80. The summed E-state index contributed by atoms with van der Waals surface area (Å²) >= 11 is 0. The van der Waals surface area contributed by atoms with Crippen LogP contribution >= 0.6 is 0 Å². The van der Waals surface area contributed by atoms with Gasteiger partial charge in [0.25, 0.3) is 0 Å². The Hall–Kier alpha value is -3.08. The van der Waals surface area contributed by atoms with Crippen molar-refractivity contribution >= 4 is 11.7 Å². The lowest BCUT2D eigenvalue weighted by Gasteiger charge is -2.12. The summed E-state index contributed by atoms with van der Waals surface area (Å²) in [5.41, 5.74) is 1.74. The Labute approximate surface area is 140 Å². The fourth-order valence-corrected chi connectivity index (χ4v) is 2.53. The molecule has 24 heavy (non-hydrogen) atoms. The molecule has 1 amide bonds. The Balaban J connectivity index is 1.66. The van der Waals surface area contributed by atoms with Crippen LogP contribution in [-0.2, 0) is 11.2 Å². The van der Waals surface area contributed by atoms with Gasteiger partial charge in [0.2, 0.25) is 5.91 Å². The van der Waals surface area contributed by atoms with Crippen LogP contribution in [0.5, 0.6) is 5.75 Å². The van der Waals surface area contributed by atoms with Crippen molar-refractivity contribution in [1.82, 2.24) is 9.78 Å². The minimum atomic E-state index is -0.214. The Kier molecular flexibility index (Phi) is 4.61. The van der Waals surface area contributed by atoms with E-state index in [4.69, 9.17) is 0 Å². The van der Waals surface area contributed by atoms with Crippen molar-refractivity contribution in [2.24, 2.45) is 0 Å². The van der Waals surface area contributed by atoms with Gasteiger partial charge in [-0.15, -0.1) is 0 Å². The van der Waals surface area contributed by atoms with Crippen LogP contribution < -0.4 is 5.32 Å². The van der Waals surface area contributed by atoms with E-state index in [2.05, 4.69) is 17.3 Å². The number of rotatable bonds is 5. The molecule has 0 spiro atoms. The molecule has 3 rings (SSSR count). The summed E-state index contributed by atoms with van der Waals surface area (Å²) in [5, 5.41) is 16.9.